The molecule has 3 heteroatoms. The predicted octanol–water partition coefficient (Wildman–Crippen LogP) is 3.63. The second-order valence-electron chi connectivity index (χ2n) is 5.28. The second kappa shape index (κ2) is 4.67. The van der Waals surface area contributed by atoms with Crippen LogP contribution in [0.3, 0.4) is 0 Å². The summed E-state index contributed by atoms with van der Waals surface area (Å²) < 4.78 is 2.09. The largest absolute Gasteiger partial charge is 0.356 e. The van der Waals surface area contributed by atoms with E-state index in [0.717, 1.165) is 24.3 Å². The fourth-order valence-corrected chi connectivity index (χ4v) is 3.00. The lowest BCUT2D eigenvalue weighted by atomic mass is 10.2. The van der Waals surface area contributed by atoms with Gasteiger partial charge in [-0.1, -0.05) is 30.3 Å². The monoisotopic (exact) mass is 263 g/mol. The van der Waals surface area contributed by atoms with E-state index in [1.54, 1.807) is 0 Å². The number of rotatable bonds is 2. The lowest BCUT2D eigenvalue weighted by Gasteiger charge is -2.19. The number of benzene rings is 2. The Morgan fingerprint density at radius 1 is 0.800 bits per heavy atom. The molecular weight excluding hydrogens is 246 g/mol. The van der Waals surface area contributed by atoms with Crippen molar-refractivity contribution in [1.82, 2.24) is 9.78 Å². The summed E-state index contributed by atoms with van der Waals surface area (Å²) in [6, 6.07) is 18.8. The summed E-state index contributed by atoms with van der Waals surface area (Å²) in [6.45, 7) is 2.26. The van der Waals surface area contributed by atoms with Gasteiger partial charge in [0.2, 0.25) is 0 Å². The van der Waals surface area contributed by atoms with Crippen LogP contribution in [-0.2, 0) is 0 Å². The first-order chi connectivity index (χ1) is 9.93. The van der Waals surface area contributed by atoms with E-state index in [2.05, 4.69) is 58.1 Å². The molecule has 0 radical (unpaired) electrons. The summed E-state index contributed by atoms with van der Waals surface area (Å²) in [5.74, 6) is 1.24. The molecule has 1 aliphatic heterocycles. The van der Waals surface area contributed by atoms with Gasteiger partial charge in [0.25, 0.3) is 0 Å². The van der Waals surface area contributed by atoms with Crippen LogP contribution >= 0.6 is 0 Å². The van der Waals surface area contributed by atoms with Gasteiger partial charge in [-0.05, 0) is 37.1 Å². The molecule has 0 unspecified atom stereocenters. The number of hydrogen-bond donors (Lipinski definition) is 0. The summed E-state index contributed by atoms with van der Waals surface area (Å²) in [5.41, 5.74) is 2.20. The molecule has 0 spiro atoms. The lowest BCUT2D eigenvalue weighted by molar-refractivity contribution is 0.833. The first kappa shape index (κ1) is 11.5. The van der Waals surface area contributed by atoms with Crippen LogP contribution in [0, 0.1) is 0 Å². The molecule has 1 fully saturated rings. The van der Waals surface area contributed by atoms with Crippen molar-refractivity contribution < 1.29 is 0 Å². The number of hydrogen-bond acceptors (Lipinski definition) is 2. The number of nitrogens with zero attached hydrogens (tertiary/aromatic N) is 3. The lowest BCUT2D eigenvalue weighted by Crippen LogP contribution is -2.21. The molecule has 1 aliphatic rings. The van der Waals surface area contributed by atoms with Gasteiger partial charge in [-0.15, -0.1) is 0 Å². The first-order valence-electron chi connectivity index (χ1n) is 7.21. The van der Waals surface area contributed by atoms with Crippen molar-refractivity contribution in [2.24, 2.45) is 0 Å². The number of para-hydroxylation sites is 1. The molecule has 2 heterocycles. The van der Waals surface area contributed by atoms with Crippen LogP contribution in [0.15, 0.2) is 54.6 Å². The topological polar surface area (TPSA) is 21.1 Å². The number of anilines is 1. The van der Waals surface area contributed by atoms with Gasteiger partial charge in [0, 0.05) is 18.5 Å². The highest BCUT2D eigenvalue weighted by molar-refractivity contribution is 5.91. The SMILES string of the molecule is c1ccc(-n2nc3ccccc3c2N2CCCC2)cc1. The van der Waals surface area contributed by atoms with Gasteiger partial charge in [0.1, 0.15) is 5.82 Å². The van der Waals surface area contributed by atoms with Crippen LogP contribution in [0.5, 0.6) is 0 Å². The van der Waals surface area contributed by atoms with Crippen molar-refractivity contribution in [2.75, 3.05) is 18.0 Å². The van der Waals surface area contributed by atoms with Crippen molar-refractivity contribution >= 4 is 16.7 Å². The van der Waals surface area contributed by atoms with Crippen LogP contribution in [0.4, 0.5) is 5.82 Å². The Balaban J connectivity index is 1.97. The maximum atomic E-state index is 4.80. The van der Waals surface area contributed by atoms with E-state index in [-0.39, 0.29) is 0 Å². The summed E-state index contributed by atoms with van der Waals surface area (Å²) in [5, 5.41) is 6.05. The average molecular weight is 263 g/mol. The second-order valence-corrected chi connectivity index (χ2v) is 5.28. The Morgan fingerprint density at radius 3 is 2.30 bits per heavy atom. The van der Waals surface area contributed by atoms with E-state index < -0.39 is 0 Å². The van der Waals surface area contributed by atoms with Gasteiger partial charge in [-0.3, -0.25) is 0 Å². The molecule has 3 aromatic rings. The van der Waals surface area contributed by atoms with E-state index in [4.69, 9.17) is 5.10 Å². The van der Waals surface area contributed by atoms with Crippen LogP contribution in [0.1, 0.15) is 12.8 Å². The van der Waals surface area contributed by atoms with Crippen LogP contribution in [-0.4, -0.2) is 22.9 Å². The third-order valence-electron chi connectivity index (χ3n) is 3.96. The van der Waals surface area contributed by atoms with E-state index in [0.29, 0.717) is 0 Å². The predicted molar refractivity (Wildman–Crippen MR) is 82.5 cm³/mol. The van der Waals surface area contributed by atoms with Gasteiger partial charge < -0.3 is 4.90 Å². The minimum atomic E-state index is 1.07. The molecule has 0 aliphatic carbocycles. The molecule has 0 atom stereocenters. The van der Waals surface area contributed by atoms with E-state index in [1.807, 2.05) is 6.07 Å². The van der Waals surface area contributed by atoms with Crippen molar-refractivity contribution in [3.8, 4) is 5.69 Å². The molecule has 100 valence electrons. The molecular formula is C17H17N3. The Morgan fingerprint density at radius 2 is 1.50 bits per heavy atom. The summed E-state index contributed by atoms with van der Waals surface area (Å²) in [6.07, 6.45) is 2.54. The number of fused-ring (bicyclic) bond motifs is 1. The minimum absolute atomic E-state index is 1.07. The van der Waals surface area contributed by atoms with Crippen molar-refractivity contribution in [2.45, 2.75) is 12.8 Å². The summed E-state index contributed by atoms with van der Waals surface area (Å²) in [7, 11) is 0. The molecule has 0 saturated carbocycles. The normalized spacial score (nSPS) is 15.1. The Labute approximate surface area is 118 Å². The standard InChI is InChI=1S/C17H17N3/c1-2-8-14(9-3-1)20-17(19-12-6-7-13-19)15-10-4-5-11-16(15)18-20/h1-5,8-11H,6-7,12-13H2. The van der Waals surface area contributed by atoms with Crippen LogP contribution < -0.4 is 4.90 Å². The summed E-state index contributed by atoms with van der Waals surface area (Å²) in [4.78, 5) is 2.46. The zero-order valence-corrected chi connectivity index (χ0v) is 11.4. The quantitative estimate of drug-likeness (QED) is 0.704. The average Bonchev–Trinajstić information content (AvgIpc) is 3.14. The maximum absolute atomic E-state index is 4.80. The third-order valence-corrected chi connectivity index (χ3v) is 3.96. The smallest absolute Gasteiger partial charge is 0.140 e. The van der Waals surface area contributed by atoms with Crippen molar-refractivity contribution in [3.05, 3.63) is 54.6 Å². The highest BCUT2D eigenvalue weighted by atomic mass is 15.4. The molecule has 4 rings (SSSR count). The molecule has 1 aromatic heterocycles. The molecule has 2 aromatic carbocycles. The van der Waals surface area contributed by atoms with Crippen molar-refractivity contribution in [3.63, 3.8) is 0 Å². The highest BCUT2D eigenvalue weighted by Crippen LogP contribution is 2.31. The third kappa shape index (κ3) is 1.78. The Hall–Kier alpha value is -2.29. The van der Waals surface area contributed by atoms with Gasteiger partial charge in [0.05, 0.1) is 11.2 Å². The first-order valence-corrected chi connectivity index (χ1v) is 7.21. The molecule has 0 amide bonds. The maximum Gasteiger partial charge on any atom is 0.140 e. The van der Waals surface area contributed by atoms with Crippen molar-refractivity contribution in [1.29, 1.82) is 0 Å². The van der Waals surface area contributed by atoms with Gasteiger partial charge in [-0.25, -0.2) is 4.68 Å². The zero-order valence-electron chi connectivity index (χ0n) is 11.4. The number of aromatic nitrogens is 2. The molecule has 20 heavy (non-hydrogen) atoms. The fourth-order valence-electron chi connectivity index (χ4n) is 3.00. The van der Waals surface area contributed by atoms with Gasteiger partial charge in [-0.2, -0.15) is 5.10 Å². The minimum Gasteiger partial charge on any atom is -0.356 e. The molecule has 3 nitrogen and oxygen atoms in total. The van der Waals surface area contributed by atoms with Gasteiger partial charge in [0.15, 0.2) is 0 Å². The van der Waals surface area contributed by atoms with E-state index in [9.17, 15) is 0 Å². The van der Waals surface area contributed by atoms with Crippen LogP contribution in [0.2, 0.25) is 0 Å². The highest BCUT2D eigenvalue weighted by Gasteiger charge is 2.21. The van der Waals surface area contributed by atoms with Crippen LogP contribution in [0.25, 0.3) is 16.6 Å². The van der Waals surface area contributed by atoms with E-state index in [1.165, 1.54) is 24.0 Å². The zero-order chi connectivity index (χ0) is 13.4. The molecule has 0 N–H and O–H groups in total. The Kier molecular flexibility index (Phi) is 2.69. The molecule has 0 bridgehead atoms. The molecule has 1 saturated heterocycles. The Bertz CT molecular complexity index is 724. The fraction of sp³-hybridized carbons (Fsp3) is 0.235. The van der Waals surface area contributed by atoms with Gasteiger partial charge >= 0.3 is 0 Å². The van der Waals surface area contributed by atoms with E-state index >= 15 is 0 Å². The summed E-state index contributed by atoms with van der Waals surface area (Å²) >= 11 is 0.